The van der Waals surface area contributed by atoms with Gasteiger partial charge in [-0.2, -0.15) is 4.31 Å². The number of amides is 1. The van der Waals surface area contributed by atoms with Crippen LogP contribution in [-0.4, -0.2) is 49.8 Å². The highest BCUT2D eigenvalue weighted by Gasteiger charge is 2.37. The van der Waals surface area contributed by atoms with Crippen LogP contribution >= 0.6 is 0 Å². The van der Waals surface area contributed by atoms with Gasteiger partial charge in [0, 0.05) is 36.5 Å². The number of aliphatic carboxylic acids is 1. The van der Waals surface area contributed by atoms with Crippen LogP contribution in [0.1, 0.15) is 16.8 Å². The Kier molecular flexibility index (Phi) is 3.38. The molecule has 0 bridgehead atoms. The van der Waals surface area contributed by atoms with Crippen LogP contribution in [0.5, 0.6) is 0 Å². The lowest BCUT2D eigenvalue weighted by molar-refractivity contribution is -0.141. The number of rotatable bonds is 3. The molecule has 7 nitrogen and oxygen atoms in total. The molecule has 4 rings (SSSR count). The molecule has 2 aromatic carbocycles. The molecule has 1 fully saturated rings. The second-order valence-corrected chi connectivity index (χ2v) is 8.27. The van der Waals surface area contributed by atoms with Gasteiger partial charge in [0.05, 0.1) is 16.5 Å². The number of sulfonamides is 1. The normalized spacial score (nSPS) is 20.6. The molecule has 0 saturated carbocycles. The predicted octanol–water partition coefficient (Wildman–Crippen LogP) is 1.52. The van der Waals surface area contributed by atoms with Crippen molar-refractivity contribution in [3.8, 4) is 0 Å². The average molecular weight is 360 g/mol. The maximum Gasteiger partial charge on any atom is 0.307 e. The van der Waals surface area contributed by atoms with E-state index in [0.29, 0.717) is 28.4 Å². The summed E-state index contributed by atoms with van der Waals surface area (Å²) in [6.07, 6.45) is 0.303. The fraction of sp³-hybridized carbons (Fsp3) is 0.294. The van der Waals surface area contributed by atoms with Crippen molar-refractivity contribution >= 4 is 38.4 Å². The fourth-order valence-corrected chi connectivity index (χ4v) is 5.31. The zero-order chi connectivity index (χ0) is 17.9. The third-order valence-electron chi connectivity index (χ3n) is 4.99. The highest BCUT2D eigenvalue weighted by molar-refractivity contribution is 7.89. The molecular formula is C17H16N2O5S. The van der Waals surface area contributed by atoms with Gasteiger partial charge < -0.3 is 10.0 Å². The fourth-order valence-electron chi connectivity index (χ4n) is 3.62. The first-order chi connectivity index (χ1) is 11.8. The summed E-state index contributed by atoms with van der Waals surface area (Å²) >= 11 is 0. The lowest BCUT2D eigenvalue weighted by atomic mass is 10.1. The monoisotopic (exact) mass is 360 g/mol. The average Bonchev–Trinajstić information content (AvgIpc) is 3.17. The Balaban J connectivity index is 1.86. The van der Waals surface area contributed by atoms with Gasteiger partial charge in [-0.1, -0.05) is 12.1 Å². The van der Waals surface area contributed by atoms with E-state index in [1.807, 2.05) is 0 Å². The summed E-state index contributed by atoms with van der Waals surface area (Å²) in [7, 11) is -2.18. The summed E-state index contributed by atoms with van der Waals surface area (Å²) in [5.41, 5.74) is 1.16. The van der Waals surface area contributed by atoms with Crippen molar-refractivity contribution in [1.82, 2.24) is 4.31 Å². The number of hydrogen-bond acceptors (Lipinski definition) is 4. The van der Waals surface area contributed by atoms with Crippen LogP contribution in [0.3, 0.4) is 0 Å². The summed E-state index contributed by atoms with van der Waals surface area (Å²) < 4.78 is 27.3. The second kappa shape index (κ2) is 5.27. The van der Waals surface area contributed by atoms with Crippen LogP contribution in [0, 0.1) is 5.92 Å². The molecule has 1 unspecified atom stereocenters. The van der Waals surface area contributed by atoms with Crippen molar-refractivity contribution in [3.05, 3.63) is 35.9 Å². The Morgan fingerprint density at radius 3 is 2.68 bits per heavy atom. The minimum absolute atomic E-state index is 0.0283. The maximum absolute atomic E-state index is 13.1. The number of carboxylic acids is 1. The lowest BCUT2D eigenvalue weighted by Crippen LogP contribution is -2.30. The minimum atomic E-state index is -3.83. The first-order valence-corrected chi connectivity index (χ1v) is 9.33. The molecule has 0 aliphatic carbocycles. The molecule has 0 spiro atoms. The smallest absolute Gasteiger partial charge is 0.307 e. The number of anilines is 1. The number of carbonyl (C=O) groups excluding carboxylic acids is 1. The summed E-state index contributed by atoms with van der Waals surface area (Å²) in [5.74, 6) is -1.83. The van der Waals surface area contributed by atoms with Crippen LogP contribution in [0.2, 0.25) is 0 Å². The van der Waals surface area contributed by atoms with E-state index in [4.69, 9.17) is 5.11 Å². The second-order valence-electron chi connectivity index (χ2n) is 6.36. The van der Waals surface area contributed by atoms with E-state index in [1.54, 1.807) is 31.3 Å². The Hall–Kier alpha value is -2.45. The molecule has 1 saturated heterocycles. The lowest BCUT2D eigenvalue weighted by Gasteiger charge is -2.18. The summed E-state index contributed by atoms with van der Waals surface area (Å²) in [5, 5.41) is 10.2. The minimum Gasteiger partial charge on any atom is -0.481 e. The number of hydrogen-bond donors (Lipinski definition) is 1. The number of nitrogens with zero attached hydrogens (tertiary/aromatic N) is 2. The highest BCUT2D eigenvalue weighted by atomic mass is 32.2. The van der Waals surface area contributed by atoms with Gasteiger partial charge in [0.25, 0.3) is 5.91 Å². The topological polar surface area (TPSA) is 95.0 Å². The molecule has 2 aromatic rings. The van der Waals surface area contributed by atoms with Crippen molar-refractivity contribution in [2.24, 2.45) is 5.92 Å². The first-order valence-electron chi connectivity index (χ1n) is 7.89. The molecule has 2 aliphatic rings. The molecule has 8 heteroatoms. The van der Waals surface area contributed by atoms with Crippen LogP contribution in [0.4, 0.5) is 5.69 Å². The maximum atomic E-state index is 13.1. The number of benzene rings is 2. The van der Waals surface area contributed by atoms with Gasteiger partial charge in [-0.05, 0) is 24.6 Å². The predicted molar refractivity (Wildman–Crippen MR) is 91.2 cm³/mol. The van der Waals surface area contributed by atoms with Gasteiger partial charge in [0.1, 0.15) is 0 Å². The Bertz CT molecular complexity index is 1030. The van der Waals surface area contributed by atoms with E-state index in [-0.39, 0.29) is 23.9 Å². The van der Waals surface area contributed by atoms with Crippen LogP contribution < -0.4 is 4.90 Å². The molecule has 0 aromatic heterocycles. The molecular weight excluding hydrogens is 344 g/mol. The van der Waals surface area contributed by atoms with Gasteiger partial charge in [0.2, 0.25) is 10.0 Å². The van der Waals surface area contributed by atoms with E-state index < -0.39 is 21.9 Å². The quantitative estimate of drug-likeness (QED) is 0.896. The molecule has 2 heterocycles. The molecule has 0 radical (unpaired) electrons. The van der Waals surface area contributed by atoms with Crippen LogP contribution in [0.25, 0.3) is 10.8 Å². The van der Waals surface area contributed by atoms with E-state index in [0.717, 1.165) is 0 Å². The number of carbonyl (C=O) groups is 2. The Morgan fingerprint density at radius 1 is 1.24 bits per heavy atom. The molecule has 25 heavy (non-hydrogen) atoms. The molecule has 1 amide bonds. The van der Waals surface area contributed by atoms with Gasteiger partial charge in [0.15, 0.2) is 0 Å². The van der Waals surface area contributed by atoms with Crippen molar-refractivity contribution in [2.45, 2.75) is 11.3 Å². The van der Waals surface area contributed by atoms with Crippen molar-refractivity contribution in [1.29, 1.82) is 0 Å². The zero-order valence-corrected chi connectivity index (χ0v) is 14.3. The zero-order valence-electron chi connectivity index (χ0n) is 13.5. The Labute approximate surface area is 144 Å². The molecule has 130 valence electrons. The third kappa shape index (κ3) is 2.17. The van der Waals surface area contributed by atoms with E-state index in [2.05, 4.69) is 0 Å². The number of carboxylic acid groups (broad SMARTS) is 1. The van der Waals surface area contributed by atoms with Crippen LogP contribution in [-0.2, 0) is 14.8 Å². The van der Waals surface area contributed by atoms with Gasteiger partial charge in [-0.25, -0.2) is 8.42 Å². The summed E-state index contributed by atoms with van der Waals surface area (Å²) in [6.45, 7) is 0.153. The van der Waals surface area contributed by atoms with E-state index in [9.17, 15) is 18.0 Å². The molecule has 2 aliphatic heterocycles. The van der Waals surface area contributed by atoms with Gasteiger partial charge in [-0.3, -0.25) is 9.59 Å². The van der Waals surface area contributed by atoms with Gasteiger partial charge >= 0.3 is 5.97 Å². The summed E-state index contributed by atoms with van der Waals surface area (Å²) in [6, 6.07) is 8.17. The molecule has 1 atom stereocenters. The standard InChI is InChI=1S/C17H16N2O5S/c1-18-13-5-6-14(11-3-2-4-12(15(11)13)16(18)20)25(23,24)19-8-7-10(9-19)17(21)22/h2-6,10H,7-9H2,1H3,(H,21,22). The SMILES string of the molecule is CN1C(=O)c2cccc3c(S(=O)(=O)N4CCC(C(=O)O)C4)ccc1c23. The molecule has 1 N–H and O–H groups in total. The highest BCUT2D eigenvalue weighted by Crippen LogP contribution is 2.40. The largest absolute Gasteiger partial charge is 0.481 e. The van der Waals surface area contributed by atoms with E-state index in [1.165, 1.54) is 15.3 Å². The van der Waals surface area contributed by atoms with Crippen molar-refractivity contribution in [2.75, 3.05) is 25.0 Å². The third-order valence-corrected chi connectivity index (χ3v) is 6.92. The van der Waals surface area contributed by atoms with Crippen molar-refractivity contribution < 1.29 is 23.1 Å². The summed E-state index contributed by atoms with van der Waals surface area (Å²) in [4.78, 5) is 25.1. The van der Waals surface area contributed by atoms with Crippen molar-refractivity contribution in [3.63, 3.8) is 0 Å². The first kappa shape index (κ1) is 16.0. The van der Waals surface area contributed by atoms with Crippen LogP contribution in [0.15, 0.2) is 35.2 Å². The Morgan fingerprint density at radius 2 is 2.00 bits per heavy atom. The van der Waals surface area contributed by atoms with Gasteiger partial charge in [-0.15, -0.1) is 0 Å². The van der Waals surface area contributed by atoms with E-state index >= 15 is 0 Å².